The summed E-state index contributed by atoms with van der Waals surface area (Å²) in [5, 5.41) is 3.22. The molecule has 0 aliphatic heterocycles. The van der Waals surface area contributed by atoms with Crippen LogP contribution in [0.25, 0.3) is 22.6 Å². The van der Waals surface area contributed by atoms with Crippen LogP contribution in [0.2, 0.25) is 0 Å². The number of hydrogen-bond acceptors (Lipinski definition) is 6. The number of rotatable bonds is 12. The van der Waals surface area contributed by atoms with Crippen molar-refractivity contribution in [2.45, 2.75) is 39.9 Å². The summed E-state index contributed by atoms with van der Waals surface area (Å²) in [4.78, 5) is 23.4. The fraction of sp³-hybridized carbons (Fsp3) is 0.423. The van der Waals surface area contributed by atoms with Crippen molar-refractivity contribution in [2.75, 3.05) is 26.4 Å². The van der Waals surface area contributed by atoms with Crippen LogP contribution in [0.3, 0.4) is 0 Å². The van der Waals surface area contributed by atoms with E-state index >= 15 is 0 Å². The average Bonchev–Trinajstić information content (AvgIpc) is 2.83. The Morgan fingerprint density at radius 3 is 2.58 bits per heavy atom. The molecule has 3 aromatic rings. The van der Waals surface area contributed by atoms with Gasteiger partial charge in [0.1, 0.15) is 5.82 Å². The number of halogens is 3. The Bertz CT molecular complexity index is 1180. The number of H-pyrrole nitrogens is 1. The average molecular weight is 505 g/mol. The number of nitrogens with one attached hydrogen (secondary N) is 2. The van der Waals surface area contributed by atoms with Crippen molar-refractivity contribution in [1.82, 2.24) is 20.3 Å². The van der Waals surface area contributed by atoms with E-state index in [2.05, 4.69) is 20.3 Å². The minimum absolute atomic E-state index is 0.160. The molecule has 0 unspecified atom stereocenters. The van der Waals surface area contributed by atoms with E-state index in [0.29, 0.717) is 55.7 Å². The Kier molecular flexibility index (Phi) is 9.60. The minimum Gasteiger partial charge on any atom is -0.478 e. The van der Waals surface area contributed by atoms with Crippen LogP contribution in [0.1, 0.15) is 38.3 Å². The number of aromatic amines is 1. The number of hydrogen-bond donors (Lipinski definition) is 2. The summed E-state index contributed by atoms with van der Waals surface area (Å²) in [5.74, 6) is 0.627. The molecule has 0 radical (unpaired) electrons. The van der Waals surface area contributed by atoms with Gasteiger partial charge in [-0.05, 0) is 43.1 Å². The second kappa shape index (κ2) is 12.6. The van der Waals surface area contributed by atoms with Gasteiger partial charge in [-0.2, -0.15) is 13.2 Å². The van der Waals surface area contributed by atoms with Crippen molar-refractivity contribution >= 4 is 0 Å². The van der Waals surface area contributed by atoms with Gasteiger partial charge in [-0.1, -0.05) is 19.9 Å². The molecule has 0 bridgehead atoms. The van der Waals surface area contributed by atoms with E-state index in [1.54, 1.807) is 12.1 Å². The Morgan fingerprint density at radius 2 is 1.92 bits per heavy atom. The van der Waals surface area contributed by atoms with E-state index in [1.807, 2.05) is 20.8 Å². The predicted octanol–water partition coefficient (Wildman–Crippen LogP) is 5.07. The van der Waals surface area contributed by atoms with Gasteiger partial charge >= 0.3 is 6.18 Å². The fourth-order valence-corrected chi connectivity index (χ4v) is 3.48. The quantitative estimate of drug-likeness (QED) is 0.335. The fourth-order valence-electron chi connectivity index (χ4n) is 3.48. The molecular formula is C26H31F3N4O3. The van der Waals surface area contributed by atoms with E-state index in [9.17, 15) is 18.0 Å². The van der Waals surface area contributed by atoms with Crippen molar-refractivity contribution in [1.29, 1.82) is 0 Å². The molecule has 0 saturated heterocycles. The second-order valence-electron chi connectivity index (χ2n) is 8.67. The van der Waals surface area contributed by atoms with Crippen molar-refractivity contribution in [3.8, 4) is 28.5 Å². The van der Waals surface area contributed by atoms with Gasteiger partial charge in [0.2, 0.25) is 5.88 Å². The van der Waals surface area contributed by atoms with Gasteiger partial charge in [0.05, 0.1) is 17.9 Å². The highest BCUT2D eigenvalue weighted by Gasteiger charge is 2.34. The molecule has 0 atom stereocenters. The molecule has 2 heterocycles. The molecule has 0 saturated carbocycles. The zero-order valence-electron chi connectivity index (χ0n) is 20.6. The summed E-state index contributed by atoms with van der Waals surface area (Å²) in [7, 11) is 0. The summed E-state index contributed by atoms with van der Waals surface area (Å²) in [6.45, 7) is 8.78. The zero-order chi connectivity index (χ0) is 26.1. The standard InChI is InChI=1S/C26H31F3N4O3/c1-4-35-10-5-11-36-24-9-7-19(16-31-24)22-13-23(34)33-25(32-22)20-12-18(15-30-14-17(2)3)6-8-21(20)26(27,28)29/h6-9,12-13,16-17,30H,4-5,10-11,14-15H2,1-3H3,(H,32,33,34). The topological polar surface area (TPSA) is 89.1 Å². The van der Waals surface area contributed by atoms with Crippen molar-refractivity contribution in [3.05, 3.63) is 64.1 Å². The Balaban J connectivity index is 1.88. The summed E-state index contributed by atoms with van der Waals surface area (Å²) in [6.07, 6.45) is -2.43. The molecular weight excluding hydrogens is 473 g/mol. The van der Waals surface area contributed by atoms with E-state index in [1.165, 1.54) is 24.4 Å². The third kappa shape index (κ3) is 7.89. The van der Waals surface area contributed by atoms with Crippen molar-refractivity contribution in [2.24, 2.45) is 5.92 Å². The highest BCUT2D eigenvalue weighted by atomic mass is 19.4. The van der Waals surface area contributed by atoms with Crippen LogP contribution in [0.4, 0.5) is 13.2 Å². The SMILES string of the molecule is CCOCCCOc1ccc(-c2cc(=O)[nH]c(-c3cc(CNCC(C)C)ccc3C(F)(F)F)n2)cn1. The number of pyridine rings is 1. The maximum absolute atomic E-state index is 13.8. The highest BCUT2D eigenvalue weighted by molar-refractivity contribution is 5.66. The molecule has 0 spiro atoms. The summed E-state index contributed by atoms with van der Waals surface area (Å²) < 4.78 is 52.2. The largest absolute Gasteiger partial charge is 0.478 e. The Hall–Kier alpha value is -3.24. The van der Waals surface area contributed by atoms with Gasteiger partial charge < -0.3 is 19.8 Å². The normalized spacial score (nSPS) is 11.8. The summed E-state index contributed by atoms with van der Waals surface area (Å²) >= 11 is 0. The second-order valence-corrected chi connectivity index (χ2v) is 8.67. The van der Waals surface area contributed by atoms with Gasteiger partial charge in [0.15, 0.2) is 0 Å². The molecule has 2 aromatic heterocycles. The molecule has 3 rings (SSSR count). The first-order chi connectivity index (χ1) is 17.2. The van der Waals surface area contributed by atoms with Gasteiger partial charge in [-0.25, -0.2) is 9.97 Å². The van der Waals surface area contributed by atoms with Crippen LogP contribution >= 0.6 is 0 Å². The molecule has 36 heavy (non-hydrogen) atoms. The van der Waals surface area contributed by atoms with Gasteiger partial charge in [0.25, 0.3) is 5.56 Å². The number of ether oxygens (including phenoxy) is 2. The molecule has 1 aromatic carbocycles. The first kappa shape index (κ1) is 27.3. The third-order valence-corrected chi connectivity index (χ3v) is 5.19. The monoisotopic (exact) mass is 504 g/mol. The molecule has 0 amide bonds. The Labute approximate surface area is 208 Å². The van der Waals surface area contributed by atoms with Crippen LogP contribution in [0.15, 0.2) is 47.4 Å². The Morgan fingerprint density at radius 1 is 1.11 bits per heavy atom. The first-order valence-corrected chi connectivity index (χ1v) is 11.9. The lowest BCUT2D eigenvalue weighted by atomic mass is 10.0. The number of nitrogens with zero attached hydrogens (tertiary/aromatic N) is 2. The molecule has 0 fully saturated rings. The first-order valence-electron chi connectivity index (χ1n) is 11.9. The van der Waals surface area contributed by atoms with E-state index in [-0.39, 0.29) is 17.1 Å². The van der Waals surface area contributed by atoms with Gasteiger partial charge in [0, 0.05) is 55.6 Å². The minimum atomic E-state index is -4.61. The van der Waals surface area contributed by atoms with Crippen molar-refractivity contribution < 1.29 is 22.6 Å². The molecule has 10 heteroatoms. The van der Waals surface area contributed by atoms with E-state index in [0.717, 1.165) is 12.6 Å². The van der Waals surface area contributed by atoms with E-state index in [4.69, 9.17) is 9.47 Å². The molecule has 0 aliphatic rings. The van der Waals surface area contributed by atoms with Gasteiger partial charge in [-0.3, -0.25) is 4.79 Å². The van der Waals surface area contributed by atoms with Crippen LogP contribution in [-0.4, -0.2) is 41.3 Å². The zero-order valence-corrected chi connectivity index (χ0v) is 20.6. The summed E-state index contributed by atoms with van der Waals surface area (Å²) in [5.41, 5.74) is -0.285. The van der Waals surface area contributed by atoms with Crippen LogP contribution in [0, 0.1) is 5.92 Å². The highest BCUT2D eigenvalue weighted by Crippen LogP contribution is 2.36. The van der Waals surface area contributed by atoms with Gasteiger partial charge in [-0.15, -0.1) is 0 Å². The number of aromatic nitrogens is 3. The molecule has 0 aliphatic carbocycles. The maximum Gasteiger partial charge on any atom is 0.417 e. The van der Waals surface area contributed by atoms with Crippen LogP contribution < -0.4 is 15.6 Å². The summed E-state index contributed by atoms with van der Waals surface area (Å²) in [6, 6.07) is 8.38. The molecule has 194 valence electrons. The smallest absolute Gasteiger partial charge is 0.417 e. The van der Waals surface area contributed by atoms with Crippen LogP contribution in [-0.2, 0) is 17.5 Å². The van der Waals surface area contributed by atoms with Crippen molar-refractivity contribution in [3.63, 3.8) is 0 Å². The van der Waals surface area contributed by atoms with E-state index < -0.39 is 17.3 Å². The lowest BCUT2D eigenvalue weighted by Gasteiger charge is -2.15. The third-order valence-electron chi connectivity index (χ3n) is 5.19. The molecule has 2 N–H and O–H groups in total. The van der Waals surface area contributed by atoms with Crippen LogP contribution in [0.5, 0.6) is 5.88 Å². The maximum atomic E-state index is 13.8. The number of benzene rings is 1. The molecule has 7 nitrogen and oxygen atoms in total. The predicted molar refractivity (Wildman–Crippen MR) is 132 cm³/mol. The lowest BCUT2D eigenvalue weighted by molar-refractivity contribution is -0.137. The number of alkyl halides is 3. The lowest BCUT2D eigenvalue weighted by Crippen LogP contribution is -2.19.